The molecule has 0 bridgehead atoms. The second-order valence-electron chi connectivity index (χ2n) is 7.97. The average Bonchev–Trinajstić information content (AvgIpc) is 2.93. The van der Waals surface area contributed by atoms with Crippen LogP contribution < -0.4 is 5.46 Å². The number of aromatic nitrogens is 1. The van der Waals surface area contributed by atoms with E-state index in [1.165, 1.54) is 0 Å². The molecular weight excluding hydrogens is 361 g/mol. The van der Waals surface area contributed by atoms with E-state index in [-0.39, 0.29) is 0 Å². The van der Waals surface area contributed by atoms with Crippen LogP contribution in [0, 0.1) is 0 Å². The van der Waals surface area contributed by atoms with Crippen molar-refractivity contribution in [2.24, 2.45) is 0 Å². The monoisotopic (exact) mass is 381 g/mol. The molecule has 6 heteroatoms. The third-order valence-electron chi connectivity index (χ3n) is 5.44. The molecule has 0 aliphatic carbocycles. The highest BCUT2D eigenvalue weighted by Gasteiger charge is 2.36. The fourth-order valence-electron chi connectivity index (χ4n) is 3.08. The first-order valence-corrected chi connectivity index (χ1v) is 9.28. The lowest BCUT2D eigenvalue weighted by molar-refractivity contribution is -0.0893. The van der Waals surface area contributed by atoms with Crippen LogP contribution >= 0.6 is 11.6 Å². The molecular formula is C21H21BClNO3. The first-order chi connectivity index (χ1) is 12.7. The zero-order valence-electron chi connectivity index (χ0n) is 15.8. The van der Waals surface area contributed by atoms with E-state index in [0.717, 1.165) is 38.2 Å². The number of aliphatic hydroxyl groups is 1. The van der Waals surface area contributed by atoms with Crippen LogP contribution in [0.15, 0.2) is 47.1 Å². The molecule has 4 aromatic rings. The van der Waals surface area contributed by atoms with Gasteiger partial charge in [-0.05, 0) is 62.8 Å². The smallest absolute Gasteiger partial charge is 0.310 e. The van der Waals surface area contributed by atoms with Gasteiger partial charge in [-0.25, -0.2) is 0 Å². The summed E-state index contributed by atoms with van der Waals surface area (Å²) in [7, 11) is 0.317. The maximum atomic E-state index is 10.4. The summed E-state index contributed by atoms with van der Waals surface area (Å²) in [6.45, 7) is 7.24. The molecule has 0 saturated carbocycles. The lowest BCUT2D eigenvalue weighted by Crippen LogP contribution is -2.49. The van der Waals surface area contributed by atoms with Crippen molar-refractivity contribution in [1.29, 1.82) is 0 Å². The fraction of sp³-hybridized carbons (Fsp3) is 0.286. The van der Waals surface area contributed by atoms with Crippen LogP contribution in [0.3, 0.4) is 0 Å². The molecule has 0 aliphatic rings. The number of halogens is 1. The molecule has 2 heterocycles. The third-order valence-corrected chi connectivity index (χ3v) is 5.66. The zero-order valence-corrected chi connectivity index (χ0v) is 16.6. The molecule has 1 N–H and O–H groups in total. The second kappa shape index (κ2) is 6.23. The molecule has 0 radical (unpaired) electrons. The Bertz CT molecular complexity index is 1160. The van der Waals surface area contributed by atoms with Crippen molar-refractivity contribution in [3.63, 3.8) is 0 Å². The first-order valence-electron chi connectivity index (χ1n) is 8.90. The molecule has 0 amide bonds. The molecule has 0 saturated heterocycles. The van der Waals surface area contributed by atoms with Crippen molar-refractivity contribution in [3.8, 4) is 0 Å². The van der Waals surface area contributed by atoms with E-state index in [4.69, 9.17) is 20.7 Å². The summed E-state index contributed by atoms with van der Waals surface area (Å²) in [4.78, 5) is 4.18. The Morgan fingerprint density at radius 3 is 2.59 bits per heavy atom. The largest absolute Gasteiger partial charge is 0.456 e. The van der Waals surface area contributed by atoms with Gasteiger partial charge in [0.15, 0.2) is 0 Å². The van der Waals surface area contributed by atoms with Gasteiger partial charge in [0.2, 0.25) is 0 Å². The minimum absolute atomic E-state index is 0.317. The van der Waals surface area contributed by atoms with Crippen molar-refractivity contribution in [1.82, 2.24) is 4.98 Å². The Kier molecular flexibility index (Phi) is 4.22. The number of fused-ring (bicyclic) bond motifs is 4. The Morgan fingerprint density at radius 1 is 1.07 bits per heavy atom. The fourth-order valence-corrected chi connectivity index (χ4v) is 3.31. The van der Waals surface area contributed by atoms with Gasteiger partial charge in [0.1, 0.15) is 11.2 Å². The summed E-state index contributed by atoms with van der Waals surface area (Å²) < 4.78 is 12.2. The van der Waals surface area contributed by atoms with Crippen molar-refractivity contribution in [2.75, 3.05) is 0 Å². The summed E-state index contributed by atoms with van der Waals surface area (Å²) in [5.41, 5.74) is 0.740. The second-order valence-corrected chi connectivity index (χ2v) is 8.41. The van der Waals surface area contributed by atoms with Crippen LogP contribution in [0.1, 0.15) is 27.7 Å². The maximum absolute atomic E-state index is 10.4. The minimum atomic E-state index is -0.980. The van der Waals surface area contributed by atoms with Gasteiger partial charge < -0.3 is 14.2 Å². The number of benzene rings is 2. The van der Waals surface area contributed by atoms with E-state index in [1.54, 1.807) is 20.0 Å². The topological polar surface area (TPSA) is 55.5 Å². The molecule has 2 aromatic carbocycles. The lowest BCUT2D eigenvalue weighted by atomic mass is 9.80. The van der Waals surface area contributed by atoms with E-state index in [0.29, 0.717) is 12.5 Å². The van der Waals surface area contributed by atoms with Gasteiger partial charge >= 0.3 is 7.48 Å². The Hall–Kier alpha value is -2.08. The molecule has 0 atom stereocenters. The van der Waals surface area contributed by atoms with E-state index in [9.17, 15) is 5.11 Å². The number of hydrogen-bond acceptors (Lipinski definition) is 4. The van der Waals surface area contributed by atoms with Crippen LogP contribution in [0.25, 0.3) is 32.7 Å². The molecule has 4 rings (SSSR count). The highest BCUT2D eigenvalue weighted by Crippen LogP contribution is 2.33. The summed E-state index contributed by atoms with van der Waals surface area (Å²) in [5.74, 6) is 0. The van der Waals surface area contributed by atoms with E-state index >= 15 is 0 Å². The molecule has 4 nitrogen and oxygen atoms in total. The Morgan fingerprint density at radius 2 is 1.85 bits per heavy atom. The van der Waals surface area contributed by atoms with Crippen LogP contribution in [0.5, 0.6) is 0 Å². The van der Waals surface area contributed by atoms with Crippen LogP contribution in [0.4, 0.5) is 0 Å². The predicted octanol–water partition coefficient (Wildman–Crippen LogP) is 4.33. The van der Waals surface area contributed by atoms with Crippen LogP contribution in [-0.2, 0) is 4.65 Å². The number of nitrogens with zero attached hydrogens (tertiary/aromatic N) is 1. The van der Waals surface area contributed by atoms with Crippen LogP contribution in [-0.4, -0.2) is 28.8 Å². The van der Waals surface area contributed by atoms with Crippen molar-refractivity contribution < 1.29 is 14.2 Å². The average molecular weight is 382 g/mol. The Labute approximate surface area is 163 Å². The number of pyridine rings is 1. The molecule has 0 spiro atoms. The number of hydrogen-bond donors (Lipinski definition) is 1. The van der Waals surface area contributed by atoms with Crippen molar-refractivity contribution in [3.05, 3.63) is 47.7 Å². The van der Waals surface area contributed by atoms with Gasteiger partial charge in [-0.3, -0.25) is 4.98 Å². The van der Waals surface area contributed by atoms with Crippen molar-refractivity contribution in [2.45, 2.75) is 38.9 Å². The molecule has 2 aromatic heterocycles. The van der Waals surface area contributed by atoms with E-state index < -0.39 is 11.2 Å². The van der Waals surface area contributed by atoms with Crippen LogP contribution in [0.2, 0.25) is 5.02 Å². The Balaban J connectivity index is 1.88. The predicted molar refractivity (Wildman–Crippen MR) is 112 cm³/mol. The molecule has 0 unspecified atom stereocenters. The van der Waals surface area contributed by atoms with Gasteiger partial charge in [0.25, 0.3) is 0 Å². The summed E-state index contributed by atoms with van der Waals surface area (Å²) in [5, 5.41) is 15.1. The number of furan rings is 1. The summed E-state index contributed by atoms with van der Waals surface area (Å²) in [6, 6.07) is 9.81. The highest BCUT2D eigenvalue weighted by atomic mass is 35.5. The van der Waals surface area contributed by atoms with Crippen molar-refractivity contribution >= 4 is 57.3 Å². The normalized spacial score (nSPS) is 13.0. The molecule has 0 aliphatic heterocycles. The maximum Gasteiger partial charge on any atom is 0.310 e. The molecule has 138 valence electrons. The first kappa shape index (κ1) is 18.3. The van der Waals surface area contributed by atoms with E-state index in [1.807, 2.05) is 44.3 Å². The van der Waals surface area contributed by atoms with Gasteiger partial charge in [-0.1, -0.05) is 11.6 Å². The zero-order chi connectivity index (χ0) is 19.4. The molecule has 27 heavy (non-hydrogen) atoms. The summed E-state index contributed by atoms with van der Waals surface area (Å²) >= 11 is 6.32. The SMILES string of the molecule is CC(C)(O)C(C)(C)OBc1cc(Cl)cc2oc3cc4cnccc4cc3c12. The third kappa shape index (κ3) is 3.20. The van der Waals surface area contributed by atoms with Gasteiger partial charge in [0.05, 0.1) is 11.2 Å². The number of rotatable bonds is 4. The lowest BCUT2D eigenvalue weighted by Gasteiger charge is -2.37. The minimum Gasteiger partial charge on any atom is -0.456 e. The quantitative estimate of drug-likeness (QED) is 0.535. The van der Waals surface area contributed by atoms with Gasteiger partial charge in [0, 0.05) is 39.6 Å². The van der Waals surface area contributed by atoms with Gasteiger partial charge in [-0.2, -0.15) is 0 Å². The van der Waals surface area contributed by atoms with E-state index in [2.05, 4.69) is 11.1 Å². The standard InChI is InChI=1S/C21H21BClNO3/c1-20(2,25)21(3,4)27-22-16-9-14(23)10-18-19(16)15-7-12-5-6-24-11-13(12)8-17(15)26-18/h5-11,22,25H,1-4H3. The molecule has 0 fully saturated rings. The highest BCUT2D eigenvalue weighted by molar-refractivity contribution is 6.54. The summed E-state index contributed by atoms with van der Waals surface area (Å²) in [6.07, 6.45) is 3.61. The van der Waals surface area contributed by atoms with Gasteiger partial charge in [-0.15, -0.1) is 0 Å².